The number of hydrogen-bond acceptors (Lipinski definition) is 3. The molecule has 20 heavy (non-hydrogen) atoms. The molecule has 0 fully saturated rings. The second-order valence-corrected chi connectivity index (χ2v) is 5.56. The van der Waals surface area contributed by atoms with E-state index in [2.05, 4.69) is 20.9 Å². The fourth-order valence-corrected chi connectivity index (χ4v) is 2.65. The van der Waals surface area contributed by atoms with E-state index in [-0.39, 0.29) is 0 Å². The van der Waals surface area contributed by atoms with Gasteiger partial charge in [0.25, 0.3) is 0 Å². The molecule has 3 heterocycles. The highest BCUT2D eigenvalue weighted by atomic mass is 79.9. The first-order chi connectivity index (χ1) is 9.69. The molecule has 0 aliphatic rings. The molecular formula is C15H10BrN3O. The van der Waals surface area contributed by atoms with Crippen LogP contribution in [-0.2, 0) is 0 Å². The number of hydrogen-bond donors (Lipinski definition) is 1. The number of aromatic nitrogens is 2. The van der Waals surface area contributed by atoms with Gasteiger partial charge in [-0.15, -0.1) is 0 Å². The standard InChI is InChI=1S/C15H10BrN3O/c16-10-1-3-13-9(5-10)6-14(20-13)12-8-19-7-11(17)2-4-15(19)18-12/h1-8H,17H2. The van der Waals surface area contributed by atoms with Crippen molar-refractivity contribution in [3.63, 3.8) is 0 Å². The van der Waals surface area contributed by atoms with Gasteiger partial charge < -0.3 is 14.6 Å². The third kappa shape index (κ3) is 1.78. The topological polar surface area (TPSA) is 56.5 Å². The largest absolute Gasteiger partial charge is 0.454 e. The molecule has 0 atom stereocenters. The molecular weight excluding hydrogens is 318 g/mol. The molecule has 0 unspecified atom stereocenters. The van der Waals surface area contributed by atoms with Gasteiger partial charge in [-0.05, 0) is 36.4 Å². The number of nitrogens with zero attached hydrogens (tertiary/aromatic N) is 2. The Labute approximate surface area is 123 Å². The lowest BCUT2D eigenvalue weighted by molar-refractivity contribution is 0.629. The number of halogens is 1. The van der Waals surface area contributed by atoms with Crippen molar-refractivity contribution in [2.75, 3.05) is 5.73 Å². The molecule has 0 saturated heterocycles. The predicted octanol–water partition coefficient (Wildman–Crippen LogP) is 4.09. The van der Waals surface area contributed by atoms with E-state index in [0.717, 1.165) is 32.5 Å². The fourth-order valence-electron chi connectivity index (χ4n) is 2.27. The minimum absolute atomic E-state index is 0.704. The van der Waals surface area contributed by atoms with Crippen LogP contribution < -0.4 is 5.73 Å². The highest BCUT2D eigenvalue weighted by Crippen LogP contribution is 2.29. The van der Waals surface area contributed by atoms with Gasteiger partial charge >= 0.3 is 0 Å². The van der Waals surface area contributed by atoms with Crippen molar-refractivity contribution in [3.05, 3.63) is 53.3 Å². The van der Waals surface area contributed by atoms with Gasteiger partial charge in [-0.3, -0.25) is 0 Å². The zero-order chi connectivity index (χ0) is 13.7. The summed E-state index contributed by atoms with van der Waals surface area (Å²) in [6, 6.07) is 11.6. The van der Waals surface area contributed by atoms with E-state index in [9.17, 15) is 0 Å². The summed E-state index contributed by atoms with van der Waals surface area (Å²) >= 11 is 3.46. The number of furan rings is 1. The average molecular weight is 328 g/mol. The molecule has 3 aromatic heterocycles. The molecule has 0 radical (unpaired) electrons. The van der Waals surface area contributed by atoms with Crippen LogP contribution in [0.15, 0.2) is 57.7 Å². The predicted molar refractivity (Wildman–Crippen MR) is 82.5 cm³/mol. The van der Waals surface area contributed by atoms with E-state index in [1.54, 1.807) is 0 Å². The van der Waals surface area contributed by atoms with Crippen molar-refractivity contribution in [3.8, 4) is 11.5 Å². The van der Waals surface area contributed by atoms with Crippen LogP contribution in [-0.4, -0.2) is 9.38 Å². The molecule has 2 N–H and O–H groups in total. The molecule has 0 saturated carbocycles. The molecule has 4 nitrogen and oxygen atoms in total. The van der Waals surface area contributed by atoms with Gasteiger partial charge in [0, 0.05) is 27.9 Å². The minimum atomic E-state index is 0.704. The first kappa shape index (κ1) is 11.5. The SMILES string of the molecule is Nc1ccc2nc(-c3cc4cc(Br)ccc4o3)cn2c1. The molecule has 0 amide bonds. The molecule has 0 aliphatic carbocycles. The van der Waals surface area contributed by atoms with E-state index in [1.807, 2.05) is 53.2 Å². The zero-order valence-corrected chi connectivity index (χ0v) is 12.0. The van der Waals surface area contributed by atoms with Crippen LogP contribution in [0.25, 0.3) is 28.1 Å². The maximum absolute atomic E-state index is 5.84. The number of imidazole rings is 1. The lowest BCUT2D eigenvalue weighted by atomic mass is 10.2. The number of anilines is 1. The Kier molecular flexibility index (Phi) is 2.37. The second-order valence-electron chi connectivity index (χ2n) is 4.65. The van der Waals surface area contributed by atoms with Crippen LogP contribution >= 0.6 is 15.9 Å². The Bertz CT molecular complexity index is 861. The molecule has 4 aromatic rings. The van der Waals surface area contributed by atoms with Gasteiger partial charge in [0.1, 0.15) is 16.9 Å². The summed E-state index contributed by atoms with van der Waals surface area (Å²) in [5.41, 5.74) is 8.96. The van der Waals surface area contributed by atoms with Crippen LogP contribution in [0, 0.1) is 0 Å². The summed E-state index contributed by atoms with van der Waals surface area (Å²) < 4.78 is 8.77. The van der Waals surface area contributed by atoms with Crippen molar-refractivity contribution in [2.45, 2.75) is 0 Å². The maximum atomic E-state index is 5.84. The van der Waals surface area contributed by atoms with Crippen LogP contribution in [0.2, 0.25) is 0 Å². The second kappa shape index (κ2) is 4.11. The number of pyridine rings is 1. The molecule has 0 spiro atoms. The summed E-state index contributed by atoms with van der Waals surface area (Å²) in [6.07, 6.45) is 3.75. The van der Waals surface area contributed by atoms with Gasteiger partial charge in [-0.1, -0.05) is 15.9 Å². The van der Waals surface area contributed by atoms with Crippen LogP contribution in [0.4, 0.5) is 5.69 Å². The van der Waals surface area contributed by atoms with Gasteiger partial charge in [-0.2, -0.15) is 0 Å². The van der Waals surface area contributed by atoms with Crippen molar-refractivity contribution in [1.29, 1.82) is 0 Å². The van der Waals surface area contributed by atoms with Crippen molar-refractivity contribution < 1.29 is 4.42 Å². The average Bonchev–Trinajstić information content (AvgIpc) is 3.00. The maximum Gasteiger partial charge on any atom is 0.155 e. The number of rotatable bonds is 1. The monoisotopic (exact) mass is 327 g/mol. The zero-order valence-electron chi connectivity index (χ0n) is 10.4. The summed E-state index contributed by atoms with van der Waals surface area (Å²) in [5, 5.41) is 1.05. The van der Waals surface area contributed by atoms with E-state index < -0.39 is 0 Å². The summed E-state index contributed by atoms with van der Waals surface area (Å²) in [6.45, 7) is 0. The Hall–Kier alpha value is -2.27. The quantitative estimate of drug-likeness (QED) is 0.572. The van der Waals surface area contributed by atoms with Crippen molar-refractivity contribution in [2.24, 2.45) is 0 Å². The van der Waals surface area contributed by atoms with Gasteiger partial charge in [0.2, 0.25) is 0 Å². The molecule has 0 bridgehead atoms. The van der Waals surface area contributed by atoms with Crippen LogP contribution in [0.3, 0.4) is 0 Å². The molecule has 5 heteroatoms. The van der Waals surface area contributed by atoms with Crippen LogP contribution in [0.5, 0.6) is 0 Å². The first-order valence-corrected chi connectivity index (χ1v) is 6.92. The highest BCUT2D eigenvalue weighted by Gasteiger charge is 2.10. The third-order valence-corrected chi connectivity index (χ3v) is 3.70. The first-order valence-electron chi connectivity index (χ1n) is 6.13. The van der Waals surface area contributed by atoms with Gasteiger partial charge in [-0.25, -0.2) is 4.98 Å². The highest BCUT2D eigenvalue weighted by molar-refractivity contribution is 9.10. The lowest BCUT2D eigenvalue weighted by Crippen LogP contribution is -1.88. The van der Waals surface area contributed by atoms with Crippen LogP contribution in [0.1, 0.15) is 0 Å². The van der Waals surface area contributed by atoms with Gasteiger partial charge in [0.15, 0.2) is 5.76 Å². The Morgan fingerprint density at radius 3 is 2.90 bits per heavy atom. The number of nitrogen functional groups attached to an aromatic ring is 1. The molecule has 0 aliphatic heterocycles. The molecule has 98 valence electrons. The molecule has 1 aromatic carbocycles. The van der Waals surface area contributed by atoms with Crippen molar-refractivity contribution in [1.82, 2.24) is 9.38 Å². The van der Waals surface area contributed by atoms with Crippen molar-refractivity contribution >= 4 is 38.2 Å². The minimum Gasteiger partial charge on any atom is -0.454 e. The van der Waals surface area contributed by atoms with E-state index in [4.69, 9.17) is 10.2 Å². The Morgan fingerprint density at radius 2 is 2.00 bits per heavy atom. The number of nitrogens with two attached hydrogens (primary N) is 1. The fraction of sp³-hybridized carbons (Fsp3) is 0. The number of fused-ring (bicyclic) bond motifs is 2. The lowest BCUT2D eigenvalue weighted by Gasteiger charge is -1.93. The number of benzene rings is 1. The Morgan fingerprint density at radius 1 is 1.10 bits per heavy atom. The van der Waals surface area contributed by atoms with E-state index >= 15 is 0 Å². The van der Waals surface area contributed by atoms with E-state index in [0.29, 0.717) is 5.69 Å². The third-order valence-electron chi connectivity index (χ3n) is 3.20. The van der Waals surface area contributed by atoms with Gasteiger partial charge in [0.05, 0.1) is 0 Å². The smallest absolute Gasteiger partial charge is 0.155 e. The molecule has 4 rings (SSSR count). The summed E-state index contributed by atoms with van der Waals surface area (Å²) in [5.74, 6) is 0.750. The summed E-state index contributed by atoms with van der Waals surface area (Å²) in [7, 11) is 0. The Balaban J connectivity index is 1.91. The van der Waals surface area contributed by atoms with E-state index in [1.165, 1.54) is 0 Å². The normalized spacial score (nSPS) is 11.4. The summed E-state index contributed by atoms with van der Waals surface area (Å²) in [4.78, 5) is 4.54.